The van der Waals surface area contributed by atoms with Crippen LogP contribution in [-0.4, -0.2) is 17.5 Å². The number of para-hydroxylation sites is 1. The largest absolute Gasteiger partial charge is 0.322 e. The van der Waals surface area contributed by atoms with E-state index in [4.69, 9.17) is 0 Å². The molecule has 1 N–H and O–H groups in total. The van der Waals surface area contributed by atoms with Gasteiger partial charge in [-0.2, -0.15) is 0 Å². The molecule has 2 heterocycles. The highest BCUT2D eigenvalue weighted by atomic mass is 79.9. The molecule has 1 aliphatic heterocycles. The quantitative estimate of drug-likeness (QED) is 0.670. The van der Waals surface area contributed by atoms with Crippen LogP contribution in [0.5, 0.6) is 0 Å². The number of carbonyl (C=O) groups excluding carboxylic acids is 1. The van der Waals surface area contributed by atoms with Gasteiger partial charge in [0.15, 0.2) is 0 Å². The van der Waals surface area contributed by atoms with Gasteiger partial charge in [0, 0.05) is 20.8 Å². The predicted octanol–water partition coefficient (Wildman–Crippen LogP) is 5.97. The van der Waals surface area contributed by atoms with Crippen LogP contribution in [-0.2, 0) is 0 Å². The summed E-state index contributed by atoms with van der Waals surface area (Å²) in [5.41, 5.74) is 0.822. The number of likely N-dealkylation sites (tertiary alicyclic amines) is 1. The van der Waals surface area contributed by atoms with E-state index in [0.29, 0.717) is 0 Å². The Balaban J connectivity index is 1.81. The smallest absolute Gasteiger partial charge is 0.317 e. The van der Waals surface area contributed by atoms with Crippen molar-refractivity contribution in [3.8, 4) is 0 Å². The summed E-state index contributed by atoms with van der Waals surface area (Å²) in [6.45, 7) is 2.94. The zero-order valence-corrected chi connectivity index (χ0v) is 15.6. The molecule has 122 valence electrons. The van der Waals surface area contributed by atoms with Gasteiger partial charge in [0.25, 0.3) is 0 Å². The Morgan fingerprint density at radius 2 is 2.04 bits per heavy atom. The van der Waals surface area contributed by atoms with Gasteiger partial charge in [-0.1, -0.05) is 25.0 Å². The van der Waals surface area contributed by atoms with Crippen LogP contribution in [0.3, 0.4) is 0 Å². The number of thiophene rings is 1. The van der Waals surface area contributed by atoms with Gasteiger partial charge in [0.1, 0.15) is 0 Å². The average Bonchev–Trinajstić information content (AvgIpc) is 2.82. The molecule has 0 saturated carbocycles. The maximum atomic E-state index is 12.9. The molecule has 1 fully saturated rings. The van der Waals surface area contributed by atoms with Crippen LogP contribution in [0.25, 0.3) is 0 Å². The van der Waals surface area contributed by atoms with Crippen molar-refractivity contribution in [2.24, 2.45) is 0 Å². The molecule has 3 nitrogen and oxygen atoms in total. The van der Waals surface area contributed by atoms with Gasteiger partial charge in [0.2, 0.25) is 0 Å². The average molecular weight is 393 g/mol. The van der Waals surface area contributed by atoms with E-state index in [2.05, 4.69) is 40.3 Å². The lowest BCUT2D eigenvalue weighted by Crippen LogP contribution is -2.37. The molecular formula is C18H21BrN2OS. The normalized spacial score (nSPS) is 18.5. The second-order valence-electron chi connectivity index (χ2n) is 5.92. The van der Waals surface area contributed by atoms with Crippen LogP contribution in [0.1, 0.15) is 41.5 Å². The molecule has 1 saturated heterocycles. The van der Waals surface area contributed by atoms with E-state index in [-0.39, 0.29) is 12.1 Å². The highest BCUT2D eigenvalue weighted by molar-refractivity contribution is 9.10. The van der Waals surface area contributed by atoms with Crippen LogP contribution >= 0.6 is 27.3 Å². The molecule has 0 spiro atoms. The SMILES string of the molecule is Cc1ccc([C@@H]2CCCCCN2C(=O)Nc2ccccc2Br)s1. The van der Waals surface area contributed by atoms with Crippen molar-refractivity contribution in [1.82, 2.24) is 4.90 Å². The first-order valence-electron chi connectivity index (χ1n) is 8.03. The van der Waals surface area contributed by atoms with E-state index < -0.39 is 0 Å². The topological polar surface area (TPSA) is 32.3 Å². The summed E-state index contributed by atoms with van der Waals surface area (Å²) < 4.78 is 0.909. The Hall–Kier alpha value is -1.33. The van der Waals surface area contributed by atoms with Gasteiger partial charge in [-0.25, -0.2) is 4.79 Å². The van der Waals surface area contributed by atoms with Crippen molar-refractivity contribution >= 4 is 39.0 Å². The van der Waals surface area contributed by atoms with E-state index in [1.807, 2.05) is 29.2 Å². The zero-order chi connectivity index (χ0) is 16.2. The third kappa shape index (κ3) is 3.96. The maximum absolute atomic E-state index is 12.9. The number of aryl methyl sites for hydroxylation is 1. The van der Waals surface area contributed by atoms with Gasteiger partial charge < -0.3 is 10.2 Å². The monoisotopic (exact) mass is 392 g/mol. The summed E-state index contributed by atoms with van der Waals surface area (Å²) in [6, 6.07) is 12.3. The van der Waals surface area contributed by atoms with Crippen molar-refractivity contribution in [3.63, 3.8) is 0 Å². The van der Waals surface area contributed by atoms with Crippen LogP contribution < -0.4 is 5.32 Å². The van der Waals surface area contributed by atoms with E-state index in [0.717, 1.165) is 29.5 Å². The minimum Gasteiger partial charge on any atom is -0.317 e. The van der Waals surface area contributed by atoms with Gasteiger partial charge in [-0.05, 0) is 60.0 Å². The second-order valence-corrected chi connectivity index (χ2v) is 8.09. The Bertz CT molecular complexity index is 685. The first kappa shape index (κ1) is 16.5. The Morgan fingerprint density at radius 1 is 1.22 bits per heavy atom. The number of amides is 2. The highest BCUT2D eigenvalue weighted by Gasteiger charge is 2.28. The molecule has 0 radical (unpaired) electrons. The number of rotatable bonds is 2. The molecule has 23 heavy (non-hydrogen) atoms. The number of nitrogens with one attached hydrogen (secondary N) is 1. The molecule has 2 aromatic rings. The molecule has 0 aliphatic carbocycles. The first-order valence-corrected chi connectivity index (χ1v) is 9.64. The summed E-state index contributed by atoms with van der Waals surface area (Å²) in [5.74, 6) is 0. The summed E-state index contributed by atoms with van der Waals surface area (Å²) in [7, 11) is 0. The van der Waals surface area contributed by atoms with Crippen LogP contribution in [0.2, 0.25) is 0 Å². The summed E-state index contributed by atoms with van der Waals surface area (Å²) >= 11 is 5.30. The van der Waals surface area contributed by atoms with Crippen molar-refractivity contribution in [1.29, 1.82) is 0 Å². The lowest BCUT2D eigenvalue weighted by atomic mass is 10.1. The molecule has 1 aliphatic rings. The van der Waals surface area contributed by atoms with Crippen molar-refractivity contribution < 1.29 is 4.79 Å². The molecule has 0 unspecified atom stereocenters. The number of hydrogen-bond acceptors (Lipinski definition) is 2. The van der Waals surface area contributed by atoms with E-state index >= 15 is 0 Å². The highest BCUT2D eigenvalue weighted by Crippen LogP contribution is 2.35. The lowest BCUT2D eigenvalue weighted by Gasteiger charge is -2.29. The predicted molar refractivity (Wildman–Crippen MR) is 100 cm³/mol. The van der Waals surface area contributed by atoms with Crippen LogP contribution in [0.15, 0.2) is 40.9 Å². The Kier molecular flexibility index (Phi) is 5.38. The van der Waals surface area contributed by atoms with Gasteiger partial charge in [-0.3, -0.25) is 0 Å². The molecular weight excluding hydrogens is 372 g/mol. The lowest BCUT2D eigenvalue weighted by molar-refractivity contribution is 0.190. The third-order valence-corrected chi connectivity index (χ3v) is 6.01. The van der Waals surface area contributed by atoms with Gasteiger partial charge >= 0.3 is 6.03 Å². The van der Waals surface area contributed by atoms with Crippen LogP contribution in [0.4, 0.5) is 10.5 Å². The number of carbonyl (C=O) groups is 1. The van der Waals surface area contributed by atoms with Crippen molar-refractivity contribution in [2.45, 2.75) is 38.6 Å². The summed E-state index contributed by atoms with van der Waals surface area (Å²) in [4.78, 5) is 17.5. The van der Waals surface area contributed by atoms with E-state index in [1.165, 1.54) is 22.6 Å². The Labute approximate surface area is 149 Å². The number of benzene rings is 1. The molecule has 5 heteroatoms. The number of urea groups is 1. The molecule has 0 bridgehead atoms. The van der Waals surface area contributed by atoms with Crippen molar-refractivity contribution in [3.05, 3.63) is 50.6 Å². The van der Waals surface area contributed by atoms with E-state index in [1.54, 1.807) is 11.3 Å². The number of nitrogens with zero attached hydrogens (tertiary/aromatic N) is 1. The van der Waals surface area contributed by atoms with E-state index in [9.17, 15) is 4.79 Å². The second kappa shape index (κ2) is 7.49. The number of anilines is 1. The number of halogens is 1. The molecule has 2 amide bonds. The van der Waals surface area contributed by atoms with Gasteiger partial charge in [0.05, 0.1) is 11.7 Å². The Morgan fingerprint density at radius 3 is 2.78 bits per heavy atom. The molecule has 1 atom stereocenters. The maximum Gasteiger partial charge on any atom is 0.322 e. The molecule has 1 aromatic carbocycles. The molecule has 3 rings (SSSR count). The van der Waals surface area contributed by atoms with Crippen LogP contribution in [0, 0.1) is 6.92 Å². The zero-order valence-electron chi connectivity index (χ0n) is 13.2. The number of hydrogen-bond donors (Lipinski definition) is 1. The van der Waals surface area contributed by atoms with Gasteiger partial charge in [-0.15, -0.1) is 11.3 Å². The minimum atomic E-state index is -0.00477. The fourth-order valence-electron chi connectivity index (χ4n) is 3.03. The van der Waals surface area contributed by atoms with Crippen molar-refractivity contribution in [2.75, 3.05) is 11.9 Å². The third-order valence-electron chi connectivity index (χ3n) is 4.22. The standard InChI is InChI=1S/C18H21BrN2OS/c1-13-10-11-17(23-13)16-9-3-2-6-12-21(16)18(22)20-15-8-5-4-7-14(15)19/h4-5,7-8,10-11,16H,2-3,6,9,12H2,1H3,(H,20,22)/t16-/m0/s1. The fourth-order valence-corrected chi connectivity index (χ4v) is 4.44. The summed E-state index contributed by atoms with van der Waals surface area (Å²) in [6.07, 6.45) is 4.49. The molecule has 1 aromatic heterocycles. The minimum absolute atomic E-state index is 0.00477. The fraction of sp³-hybridized carbons (Fsp3) is 0.389. The summed E-state index contributed by atoms with van der Waals surface area (Å²) in [5, 5.41) is 3.06. The first-order chi connectivity index (χ1) is 11.1.